The highest BCUT2D eigenvalue weighted by Crippen LogP contribution is 2.45. The maximum absolute atomic E-state index is 12.7. The molecule has 0 unspecified atom stereocenters. The maximum atomic E-state index is 12.7. The van der Waals surface area contributed by atoms with Crippen LogP contribution in [0.25, 0.3) is 0 Å². The monoisotopic (exact) mass is 340 g/mol. The van der Waals surface area contributed by atoms with Crippen LogP contribution in [0.1, 0.15) is 35.2 Å². The summed E-state index contributed by atoms with van der Waals surface area (Å²) < 4.78 is 0. The van der Waals surface area contributed by atoms with Crippen LogP contribution in [-0.2, 0) is 11.3 Å². The maximum Gasteiger partial charge on any atom is 0.254 e. The molecule has 4 bridgehead atoms. The van der Waals surface area contributed by atoms with Crippen LogP contribution in [0.4, 0.5) is 5.69 Å². The van der Waals surface area contributed by atoms with Crippen LogP contribution in [0, 0.1) is 11.8 Å². The van der Waals surface area contributed by atoms with Gasteiger partial charge in [0.05, 0.1) is 5.54 Å². The van der Waals surface area contributed by atoms with Crippen molar-refractivity contribution in [2.75, 3.05) is 31.9 Å². The lowest BCUT2D eigenvalue weighted by Gasteiger charge is -2.58. The van der Waals surface area contributed by atoms with Crippen molar-refractivity contribution >= 4 is 17.5 Å². The number of carbonyl (C=O) groups is 2. The number of nitrogens with two attached hydrogens (primary N) is 1. The second-order valence-corrected chi connectivity index (χ2v) is 8.48. The molecule has 1 aromatic carbocycles. The molecule has 1 aliphatic carbocycles. The molecule has 132 valence electrons. The van der Waals surface area contributed by atoms with E-state index in [4.69, 9.17) is 5.73 Å². The van der Waals surface area contributed by atoms with Crippen molar-refractivity contribution in [3.63, 3.8) is 0 Å². The Morgan fingerprint density at radius 1 is 1.28 bits per heavy atom. The molecule has 0 spiro atoms. The number of nitrogens with one attached hydrogen (secondary N) is 1. The van der Waals surface area contributed by atoms with Gasteiger partial charge in [0.2, 0.25) is 5.91 Å². The highest BCUT2D eigenvalue weighted by Gasteiger charge is 2.51. The Bertz CT molecular complexity index is 725. The Kier molecular flexibility index (Phi) is 3.17. The summed E-state index contributed by atoms with van der Waals surface area (Å²) in [5.41, 5.74) is 7.97. The van der Waals surface area contributed by atoms with Gasteiger partial charge in [-0.2, -0.15) is 0 Å². The van der Waals surface area contributed by atoms with Gasteiger partial charge in [-0.25, -0.2) is 0 Å². The van der Waals surface area contributed by atoms with Crippen molar-refractivity contribution in [1.82, 2.24) is 15.1 Å². The van der Waals surface area contributed by atoms with Gasteiger partial charge in [-0.1, -0.05) is 0 Å². The summed E-state index contributed by atoms with van der Waals surface area (Å²) in [5.74, 6) is 1.35. The van der Waals surface area contributed by atoms with E-state index in [1.807, 2.05) is 6.07 Å². The van der Waals surface area contributed by atoms with Gasteiger partial charge in [0.25, 0.3) is 5.91 Å². The minimum atomic E-state index is -0.0700. The van der Waals surface area contributed by atoms with Crippen LogP contribution in [0.15, 0.2) is 18.2 Å². The third-order valence-corrected chi connectivity index (χ3v) is 6.33. The Labute approximate surface area is 147 Å². The predicted octanol–water partition coefficient (Wildman–Crippen LogP) is 0.825. The molecule has 2 amide bonds. The predicted molar refractivity (Wildman–Crippen MR) is 93.7 cm³/mol. The number of hydrogen-bond donors (Lipinski definition) is 2. The zero-order chi connectivity index (χ0) is 17.2. The molecule has 4 aliphatic heterocycles. The number of rotatable bonds is 3. The summed E-state index contributed by atoms with van der Waals surface area (Å²) >= 11 is 0. The smallest absolute Gasteiger partial charge is 0.254 e. The molecule has 6 rings (SSSR count). The van der Waals surface area contributed by atoms with Gasteiger partial charge in [-0.3, -0.25) is 9.59 Å². The molecule has 4 fully saturated rings. The molecule has 4 heterocycles. The molecule has 1 saturated carbocycles. The molecule has 5 aliphatic rings. The van der Waals surface area contributed by atoms with E-state index in [0.29, 0.717) is 17.8 Å². The van der Waals surface area contributed by atoms with Crippen molar-refractivity contribution in [1.29, 1.82) is 0 Å². The van der Waals surface area contributed by atoms with E-state index >= 15 is 0 Å². The third-order valence-electron chi connectivity index (χ3n) is 6.33. The standard InChI is InChI=1S/C19H24N4O2/c20-15-1-2-16-14(4-15)9-23(18(16)25)10-17(24)21-19-5-12-3-13(6-19)8-22(7-12)11-19/h1-2,4,12-13H,3,5-11,20H2,(H,21,24)/t12-,13+,19+. The van der Waals surface area contributed by atoms with Gasteiger partial charge < -0.3 is 20.9 Å². The number of carbonyl (C=O) groups excluding carboxylic acids is 2. The molecule has 1 aromatic rings. The topological polar surface area (TPSA) is 78.7 Å². The van der Waals surface area contributed by atoms with Gasteiger partial charge >= 0.3 is 0 Å². The minimum absolute atomic E-state index is 0.0303. The number of amides is 2. The molecule has 0 radical (unpaired) electrons. The Hall–Kier alpha value is -2.08. The van der Waals surface area contributed by atoms with Crippen molar-refractivity contribution in [2.24, 2.45) is 11.8 Å². The lowest BCUT2D eigenvalue weighted by atomic mass is 9.64. The number of fused-ring (bicyclic) bond motifs is 1. The number of benzene rings is 1. The van der Waals surface area contributed by atoms with Crippen LogP contribution in [0.5, 0.6) is 0 Å². The number of anilines is 1. The Balaban J connectivity index is 1.27. The largest absolute Gasteiger partial charge is 0.399 e. The average Bonchev–Trinajstić information content (AvgIpc) is 2.80. The lowest BCUT2D eigenvalue weighted by molar-refractivity contribution is -0.128. The third kappa shape index (κ3) is 2.51. The van der Waals surface area contributed by atoms with Crippen LogP contribution in [0.3, 0.4) is 0 Å². The normalized spacial score (nSPS) is 35.1. The highest BCUT2D eigenvalue weighted by atomic mass is 16.2. The highest BCUT2D eigenvalue weighted by molar-refractivity contribution is 6.00. The van der Waals surface area contributed by atoms with Crippen molar-refractivity contribution in [3.05, 3.63) is 29.3 Å². The van der Waals surface area contributed by atoms with Crippen LogP contribution >= 0.6 is 0 Å². The fraction of sp³-hybridized carbons (Fsp3) is 0.579. The van der Waals surface area contributed by atoms with Crippen molar-refractivity contribution in [3.8, 4) is 0 Å². The van der Waals surface area contributed by atoms with E-state index < -0.39 is 0 Å². The lowest BCUT2D eigenvalue weighted by Crippen LogP contribution is -2.69. The SMILES string of the molecule is Nc1ccc2c(c1)CN(CC(=O)N[C@@]13C[C@@H]4C[C@@H](C[N@](C4)C1)C3)C2=O. The van der Waals surface area contributed by atoms with E-state index in [1.54, 1.807) is 17.0 Å². The summed E-state index contributed by atoms with van der Waals surface area (Å²) in [4.78, 5) is 29.3. The van der Waals surface area contributed by atoms with E-state index in [1.165, 1.54) is 19.5 Å². The summed E-state index contributed by atoms with van der Waals surface area (Å²) in [6.45, 7) is 3.95. The summed E-state index contributed by atoms with van der Waals surface area (Å²) in [6.07, 6.45) is 3.50. The Morgan fingerprint density at radius 2 is 2.04 bits per heavy atom. The van der Waals surface area contributed by atoms with Crippen molar-refractivity contribution in [2.45, 2.75) is 31.3 Å². The van der Waals surface area contributed by atoms with Crippen LogP contribution in [0.2, 0.25) is 0 Å². The fourth-order valence-corrected chi connectivity index (χ4v) is 5.77. The van der Waals surface area contributed by atoms with Crippen molar-refractivity contribution < 1.29 is 9.59 Å². The minimum Gasteiger partial charge on any atom is -0.399 e. The number of hydrogen-bond acceptors (Lipinski definition) is 4. The first-order valence-corrected chi connectivity index (χ1v) is 9.21. The molecule has 3 N–H and O–H groups in total. The summed E-state index contributed by atoms with van der Waals surface area (Å²) in [5, 5.41) is 3.31. The van der Waals surface area contributed by atoms with E-state index in [-0.39, 0.29) is 23.9 Å². The molecular weight excluding hydrogens is 316 g/mol. The summed E-state index contributed by atoms with van der Waals surface area (Å²) in [6, 6.07) is 5.33. The molecule has 4 atom stereocenters. The molecule has 3 saturated heterocycles. The number of nitrogens with zero attached hydrogens (tertiary/aromatic N) is 2. The molecule has 25 heavy (non-hydrogen) atoms. The van der Waals surface area contributed by atoms with Gasteiger partial charge in [0.1, 0.15) is 6.54 Å². The quantitative estimate of drug-likeness (QED) is 0.799. The molecular formula is C19H24N4O2. The second-order valence-electron chi connectivity index (χ2n) is 8.48. The Morgan fingerprint density at radius 3 is 2.76 bits per heavy atom. The fourth-order valence-electron chi connectivity index (χ4n) is 5.77. The van der Waals surface area contributed by atoms with Gasteiger partial charge in [0, 0.05) is 37.4 Å². The number of nitrogen functional groups attached to an aromatic ring is 1. The van der Waals surface area contributed by atoms with Gasteiger partial charge in [-0.15, -0.1) is 0 Å². The molecule has 0 aromatic heterocycles. The first-order chi connectivity index (χ1) is 12.0. The molecule has 6 nitrogen and oxygen atoms in total. The summed E-state index contributed by atoms with van der Waals surface area (Å²) in [7, 11) is 0. The van der Waals surface area contributed by atoms with E-state index in [9.17, 15) is 9.59 Å². The average molecular weight is 340 g/mol. The molecule has 6 heteroatoms. The zero-order valence-corrected chi connectivity index (χ0v) is 14.3. The first-order valence-electron chi connectivity index (χ1n) is 9.21. The van der Waals surface area contributed by atoms with Gasteiger partial charge in [0.15, 0.2) is 0 Å². The first kappa shape index (κ1) is 15.2. The second kappa shape index (κ2) is 5.21. The van der Waals surface area contributed by atoms with E-state index in [0.717, 1.165) is 36.8 Å². The van der Waals surface area contributed by atoms with Crippen LogP contribution in [-0.4, -0.2) is 53.3 Å². The van der Waals surface area contributed by atoms with Gasteiger partial charge in [-0.05, 0) is 54.9 Å². The zero-order valence-electron chi connectivity index (χ0n) is 14.3. The van der Waals surface area contributed by atoms with Crippen LogP contribution < -0.4 is 11.1 Å². The number of piperidine rings is 3. The van der Waals surface area contributed by atoms with E-state index in [2.05, 4.69) is 10.2 Å².